The smallest absolute Gasteiger partial charge is 0.115 e. The van der Waals surface area contributed by atoms with Gasteiger partial charge in [-0.2, -0.15) is 0 Å². The molecule has 3 N–H and O–H groups in total. The lowest BCUT2D eigenvalue weighted by atomic mass is 10.1. The summed E-state index contributed by atoms with van der Waals surface area (Å²) in [6.45, 7) is 0. The summed E-state index contributed by atoms with van der Waals surface area (Å²) in [4.78, 5) is 0. The van der Waals surface area contributed by atoms with Crippen LogP contribution < -0.4 is 0 Å². The molecule has 13 heavy (non-hydrogen) atoms. The van der Waals surface area contributed by atoms with Crippen LogP contribution in [0.25, 0.3) is 0 Å². The molecule has 0 aliphatic heterocycles. The van der Waals surface area contributed by atoms with Gasteiger partial charge in [-0.05, 0) is 17.7 Å². The van der Waals surface area contributed by atoms with Gasteiger partial charge >= 0.3 is 0 Å². The van der Waals surface area contributed by atoms with E-state index in [1.54, 1.807) is 12.1 Å². The molecule has 0 bridgehead atoms. The first-order chi connectivity index (χ1) is 6.15. The third kappa shape index (κ3) is 2.59. The average molecular weight is 203 g/mol. The summed E-state index contributed by atoms with van der Waals surface area (Å²) in [5, 5.41) is 27.8. The Hall–Kier alpha value is -0.770. The number of rotatable bonds is 3. The minimum absolute atomic E-state index is 0.0448. The van der Waals surface area contributed by atoms with Crippen LogP contribution >= 0.6 is 11.6 Å². The van der Waals surface area contributed by atoms with Gasteiger partial charge in [0.25, 0.3) is 0 Å². The fraction of sp³-hybridized carbons (Fsp3) is 0.333. The zero-order valence-electron chi connectivity index (χ0n) is 6.89. The standard InChI is InChI=1S/C9H11ClO3/c10-5-8(12)9(13)6-2-1-3-7(11)4-6/h1-4,8-9,11-13H,5H2. The molecule has 0 spiro atoms. The van der Waals surface area contributed by atoms with Gasteiger partial charge in [0.1, 0.15) is 11.9 Å². The number of aliphatic hydroxyl groups is 2. The maximum Gasteiger partial charge on any atom is 0.115 e. The predicted molar refractivity (Wildman–Crippen MR) is 49.8 cm³/mol. The number of phenols is 1. The van der Waals surface area contributed by atoms with Crippen LogP contribution in [0.1, 0.15) is 11.7 Å². The van der Waals surface area contributed by atoms with Crippen LogP contribution in [0.4, 0.5) is 0 Å². The highest BCUT2D eigenvalue weighted by Crippen LogP contribution is 2.21. The number of phenolic OH excluding ortho intramolecular Hbond substituents is 1. The van der Waals surface area contributed by atoms with E-state index in [-0.39, 0.29) is 11.6 Å². The molecule has 0 amide bonds. The Bertz CT molecular complexity index is 277. The van der Waals surface area contributed by atoms with E-state index in [0.717, 1.165) is 0 Å². The maximum atomic E-state index is 9.47. The Kier molecular flexibility index (Phi) is 3.54. The molecule has 0 aliphatic rings. The van der Waals surface area contributed by atoms with Gasteiger partial charge < -0.3 is 15.3 Å². The Morgan fingerprint density at radius 3 is 2.54 bits per heavy atom. The lowest BCUT2D eigenvalue weighted by Gasteiger charge is -2.15. The Morgan fingerprint density at radius 1 is 1.31 bits per heavy atom. The van der Waals surface area contributed by atoms with Gasteiger partial charge in [0, 0.05) is 0 Å². The SMILES string of the molecule is Oc1cccc(C(O)C(O)CCl)c1. The normalized spacial score (nSPS) is 15.3. The number of halogens is 1. The van der Waals surface area contributed by atoms with Crippen molar-refractivity contribution in [1.29, 1.82) is 0 Å². The Labute approximate surface area is 81.2 Å². The van der Waals surface area contributed by atoms with Crippen LogP contribution in [0.5, 0.6) is 5.75 Å². The lowest BCUT2D eigenvalue weighted by molar-refractivity contribution is 0.0326. The number of benzene rings is 1. The van der Waals surface area contributed by atoms with Crippen molar-refractivity contribution in [1.82, 2.24) is 0 Å². The highest BCUT2D eigenvalue weighted by molar-refractivity contribution is 6.18. The van der Waals surface area contributed by atoms with Crippen molar-refractivity contribution in [2.24, 2.45) is 0 Å². The van der Waals surface area contributed by atoms with Gasteiger partial charge in [0.15, 0.2) is 0 Å². The largest absolute Gasteiger partial charge is 0.508 e. The van der Waals surface area contributed by atoms with Gasteiger partial charge in [0.2, 0.25) is 0 Å². The van der Waals surface area contributed by atoms with Crippen molar-refractivity contribution in [2.75, 3.05) is 5.88 Å². The van der Waals surface area contributed by atoms with Crippen LogP contribution in [-0.4, -0.2) is 27.3 Å². The summed E-state index contributed by atoms with van der Waals surface area (Å²) < 4.78 is 0. The fourth-order valence-corrected chi connectivity index (χ4v) is 1.18. The van der Waals surface area contributed by atoms with E-state index < -0.39 is 12.2 Å². The Balaban J connectivity index is 2.82. The van der Waals surface area contributed by atoms with Crippen LogP contribution in [0.2, 0.25) is 0 Å². The second kappa shape index (κ2) is 4.46. The molecule has 1 aromatic rings. The predicted octanol–water partition coefficient (Wildman–Crippen LogP) is 1.03. The summed E-state index contributed by atoms with van der Waals surface area (Å²) >= 11 is 5.36. The number of alkyl halides is 1. The second-order valence-corrected chi connectivity index (χ2v) is 3.07. The molecule has 1 rings (SSSR count). The molecule has 0 heterocycles. The first kappa shape index (κ1) is 10.3. The summed E-state index contributed by atoms with van der Waals surface area (Å²) in [5.74, 6) is 0.00918. The molecule has 3 nitrogen and oxygen atoms in total. The zero-order valence-corrected chi connectivity index (χ0v) is 7.65. The molecule has 0 aromatic heterocycles. The van der Waals surface area contributed by atoms with Gasteiger partial charge in [-0.25, -0.2) is 0 Å². The van der Waals surface area contributed by atoms with E-state index in [9.17, 15) is 10.2 Å². The van der Waals surface area contributed by atoms with Crippen LogP contribution in [0.3, 0.4) is 0 Å². The molecule has 72 valence electrons. The van der Waals surface area contributed by atoms with Crippen molar-refractivity contribution in [2.45, 2.75) is 12.2 Å². The van der Waals surface area contributed by atoms with E-state index >= 15 is 0 Å². The van der Waals surface area contributed by atoms with E-state index in [4.69, 9.17) is 16.7 Å². The summed E-state index contributed by atoms with van der Waals surface area (Å²) in [5.41, 5.74) is 0.452. The monoisotopic (exact) mass is 202 g/mol. The average Bonchev–Trinajstić information content (AvgIpc) is 2.15. The summed E-state index contributed by atoms with van der Waals surface area (Å²) in [6, 6.07) is 6.08. The molecule has 0 saturated carbocycles. The van der Waals surface area contributed by atoms with Crippen molar-refractivity contribution in [3.8, 4) is 5.75 Å². The fourth-order valence-electron chi connectivity index (χ4n) is 1.02. The van der Waals surface area contributed by atoms with Gasteiger partial charge in [0.05, 0.1) is 12.0 Å². The van der Waals surface area contributed by atoms with E-state index in [1.165, 1.54) is 12.1 Å². The van der Waals surface area contributed by atoms with Gasteiger partial charge in [-0.1, -0.05) is 12.1 Å². The van der Waals surface area contributed by atoms with Crippen molar-refractivity contribution >= 4 is 11.6 Å². The number of aliphatic hydroxyl groups excluding tert-OH is 2. The highest BCUT2D eigenvalue weighted by atomic mass is 35.5. The van der Waals surface area contributed by atoms with Crippen molar-refractivity contribution in [3.63, 3.8) is 0 Å². The van der Waals surface area contributed by atoms with E-state index in [2.05, 4.69) is 0 Å². The lowest BCUT2D eigenvalue weighted by Crippen LogP contribution is -2.19. The molecule has 0 aliphatic carbocycles. The van der Waals surface area contributed by atoms with Crippen LogP contribution in [0.15, 0.2) is 24.3 Å². The molecular formula is C9H11ClO3. The summed E-state index contributed by atoms with van der Waals surface area (Å²) in [7, 11) is 0. The molecule has 4 heteroatoms. The molecule has 0 fully saturated rings. The highest BCUT2D eigenvalue weighted by Gasteiger charge is 2.17. The van der Waals surface area contributed by atoms with E-state index in [0.29, 0.717) is 5.56 Å². The zero-order chi connectivity index (χ0) is 9.84. The third-order valence-corrected chi connectivity index (χ3v) is 2.05. The van der Waals surface area contributed by atoms with Crippen molar-refractivity contribution in [3.05, 3.63) is 29.8 Å². The third-order valence-electron chi connectivity index (χ3n) is 1.73. The number of hydrogen-bond acceptors (Lipinski definition) is 3. The minimum atomic E-state index is -1.05. The van der Waals surface area contributed by atoms with Gasteiger partial charge in [-0.15, -0.1) is 11.6 Å². The Morgan fingerprint density at radius 2 is 2.00 bits per heavy atom. The van der Waals surface area contributed by atoms with E-state index in [1.807, 2.05) is 0 Å². The minimum Gasteiger partial charge on any atom is -0.508 e. The molecule has 2 unspecified atom stereocenters. The first-order valence-corrected chi connectivity index (χ1v) is 4.39. The molecule has 1 aromatic carbocycles. The topological polar surface area (TPSA) is 60.7 Å². The van der Waals surface area contributed by atoms with Crippen molar-refractivity contribution < 1.29 is 15.3 Å². The second-order valence-electron chi connectivity index (χ2n) is 2.76. The molecule has 0 saturated heterocycles. The quantitative estimate of drug-likeness (QED) is 0.642. The maximum absolute atomic E-state index is 9.47. The number of hydrogen-bond donors (Lipinski definition) is 3. The summed E-state index contributed by atoms with van der Waals surface area (Å²) in [6.07, 6.45) is -2.06. The van der Waals surface area contributed by atoms with Crippen LogP contribution in [-0.2, 0) is 0 Å². The molecular weight excluding hydrogens is 192 g/mol. The molecule has 0 radical (unpaired) electrons. The number of aromatic hydroxyl groups is 1. The van der Waals surface area contributed by atoms with Crippen LogP contribution in [0, 0.1) is 0 Å². The first-order valence-electron chi connectivity index (χ1n) is 3.86. The van der Waals surface area contributed by atoms with Gasteiger partial charge in [-0.3, -0.25) is 0 Å². The molecule has 2 atom stereocenters.